The molecule has 1 aliphatic rings. The maximum absolute atomic E-state index is 12.6. The van der Waals surface area contributed by atoms with Crippen molar-refractivity contribution >= 4 is 21.8 Å². The molecule has 0 radical (unpaired) electrons. The summed E-state index contributed by atoms with van der Waals surface area (Å²) in [6.45, 7) is 1.32. The molecule has 9 nitrogen and oxygen atoms in total. The standard InChI is InChI=1S/C24H24N4O5S/c29-23(19-8-10-22(11-9-19)34(31,32)28-13-1-2-14-28)26-27-24(30)20-6-3-7-21(15-20)33-17-18-5-4-12-25-16-18/h3-12,15-16H,1-2,13-14,17H2,(H,26,29)(H,27,30). The fraction of sp³-hybridized carbons (Fsp3) is 0.208. The molecule has 0 bridgehead atoms. The zero-order valence-electron chi connectivity index (χ0n) is 18.3. The van der Waals surface area contributed by atoms with Gasteiger partial charge in [0.05, 0.1) is 4.90 Å². The second kappa shape index (κ2) is 10.4. The van der Waals surface area contributed by atoms with Crippen LogP contribution in [-0.2, 0) is 16.6 Å². The molecule has 0 unspecified atom stereocenters. The van der Waals surface area contributed by atoms with Crippen molar-refractivity contribution in [3.63, 3.8) is 0 Å². The van der Waals surface area contributed by atoms with E-state index in [1.54, 1.807) is 36.7 Å². The van der Waals surface area contributed by atoms with Crippen LogP contribution in [0.15, 0.2) is 78.0 Å². The molecule has 0 aliphatic carbocycles. The van der Waals surface area contributed by atoms with E-state index in [0.29, 0.717) is 31.0 Å². The number of nitrogens with zero attached hydrogens (tertiary/aromatic N) is 2. The van der Waals surface area contributed by atoms with Gasteiger partial charge < -0.3 is 4.74 Å². The number of hydrogen-bond acceptors (Lipinski definition) is 6. The van der Waals surface area contributed by atoms with Crippen LogP contribution >= 0.6 is 0 Å². The number of benzene rings is 2. The summed E-state index contributed by atoms with van der Waals surface area (Å²) in [5.41, 5.74) is 6.11. The lowest BCUT2D eigenvalue weighted by atomic mass is 10.2. The van der Waals surface area contributed by atoms with Gasteiger partial charge in [-0.05, 0) is 61.4 Å². The summed E-state index contributed by atoms with van der Waals surface area (Å²) in [6.07, 6.45) is 5.06. The van der Waals surface area contributed by atoms with Crippen LogP contribution in [0, 0.1) is 0 Å². The Labute approximate surface area is 197 Å². The summed E-state index contributed by atoms with van der Waals surface area (Å²) in [7, 11) is -3.55. The molecular weight excluding hydrogens is 456 g/mol. The van der Waals surface area contributed by atoms with Crippen LogP contribution in [0.4, 0.5) is 0 Å². The zero-order valence-corrected chi connectivity index (χ0v) is 19.1. The molecule has 0 spiro atoms. The molecule has 176 valence electrons. The van der Waals surface area contributed by atoms with Crippen molar-refractivity contribution in [2.75, 3.05) is 13.1 Å². The third-order valence-electron chi connectivity index (χ3n) is 5.33. The van der Waals surface area contributed by atoms with Gasteiger partial charge in [-0.1, -0.05) is 12.1 Å². The van der Waals surface area contributed by atoms with Crippen LogP contribution in [0.25, 0.3) is 0 Å². The van der Waals surface area contributed by atoms with Gasteiger partial charge in [0.25, 0.3) is 11.8 Å². The number of pyridine rings is 1. The number of amides is 2. The molecule has 0 saturated carbocycles. The molecule has 10 heteroatoms. The maximum atomic E-state index is 12.6. The quantitative estimate of drug-likeness (QED) is 0.502. The van der Waals surface area contributed by atoms with Gasteiger partial charge in [0.1, 0.15) is 12.4 Å². The first-order valence-electron chi connectivity index (χ1n) is 10.8. The van der Waals surface area contributed by atoms with E-state index in [-0.39, 0.29) is 10.5 Å². The Balaban J connectivity index is 1.32. The Hall–Kier alpha value is -3.76. The van der Waals surface area contributed by atoms with Gasteiger partial charge in [-0.3, -0.25) is 25.4 Å². The van der Waals surface area contributed by atoms with E-state index in [2.05, 4.69) is 15.8 Å². The molecule has 4 rings (SSSR count). The number of hydrazine groups is 1. The van der Waals surface area contributed by atoms with Gasteiger partial charge in [0.15, 0.2) is 0 Å². The Morgan fingerprint density at radius 2 is 1.62 bits per heavy atom. The molecule has 1 aromatic heterocycles. The van der Waals surface area contributed by atoms with Crippen molar-refractivity contribution in [1.82, 2.24) is 20.1 Å². The number of sulfonamides is 1. The fourth-order valence-corrected chi connectivity index (χ4v) is 5.01. The zero-order chi connectivity index (χ0) is 24.0. The highest BCUT2D eigenvalue weighted by molar-refractivity contribution is 7.89. The van der Waals surface area contributed by atoms with Gasteiger partial charge >= 0.3 is 0 Å². The molecule has 1 saturated heterocycles. The van der Waals surface area contributed by atoms with Gasteiger partial charge in [-0.15, -0.1) is 0 Å². The van der Waals surface area contributed by atoms with Gasteiger partial charge in [0, 0.05) is 42.2 Å². The number of aromatic nitrogens is 1. The van der Waals surface area contributed by atoms with E-state index in [1.807, 2.05) is 12.1 Å². The monoisotopic (exact) mass is 480 g/mol. The minimum Gasteiger partial charge on any atom is -0.489 e. The first-order valence-corrected chi connectivity index (χ1v) is 12.2. The highest BCUT2D eigenvalue weighted by Crippen LogP contribution is 2.21. The number of nitrogens with one attached hydrogen (secondary N) is 2. The summed E-state index contributed by atoms with van der Waals surface area (Å²) >= 11 is 0. The van der Waals surface area contributed by atoms with Gasteiger partial charge in [-0.25, -0.2) is 8.42 Å². The lowest BCUT2D eigenvalue weighted by molar-refractivity contribution is 0.0846. The van der Waals surface area contributed by atoms with Crippen molar-refractivity contribution in [2.45, 2.75) is 24.3 Å². The van der Waals surface area contributed by atoms with Gasteiger partial charge in [-0.2, -0.15) is 4.31 Å². The van der Waals surface area contributed by atoms with E-state index in [0.717, 1.165) is 18.4 Å². The van der Waals surface area contributed by atoms with Crippen LogP contribution in [0.3, 0.4) is 0 Å². The van der Waals surface area contributed by atoms with Crippen LogP contribution in [0.2, 0.25) is 0 Å². The third kappa shape index (κ3) is 5.59. The Morgan fingerprint density at radius 3 is 2.29 bits per heavy atom. The Bertz CT molecular complexity index is 1260. The first-order chi connectivity index (χ1) is 16.4. The molecule has 2 aromatic carbocycles. The van der Waals surface area contributed by atoms with Crippen LogP contribution < -0.4 is 15.6 Å². The highest BCUT2D eigenvalue weighted by Gasteiger charge is 2.27. The van der Waals surface area contributed by atoms with Crippen molar-refractivity contribution in [2.24, 2.45) is 0 Å². The second-order valence-corrected chi connectivity index (χ2v) is 9.66. The molecular formula is C24H24N4O5S. The van der Waals surface area contributed by atoms with E-state index in [9.17, 15) is 18.0 Å². The summed E-state index contributed by atoms with van der Waals surface area (Å²) in [5, 5.41) is 0. The molecule has 1 aliphatic heterocycles. The highest BCUT2D eigenvalue weighted by atomic mass is 32.2. The SMILES string of the molecule is O=C(NNC(=O)c1cccc(OCc2cccnc2)c1)c1ccc(S(=O)(=O)N2CCCC2)cc1. The Morgan fingerprint density at radius 1 is 0.912 bits per heavy atom. The van der Waals surface area contributed by atoms with E-state index in [1.165, 1.54) is 28.6 Å². The van der Waals surface area contributed by atoms with E-state index in [4.69, 9.17) is 4.74 Å². The van der Waals surface area contributed by atoms with E-state index < -0.39 is 21.8 Å². The summed E-state index contributed by atoms with van der Waals surface area (Å²) in [6, 6.07) is 15.9. The van der Waals surface area contributed by atoms with Crippen LogP contribution in [0.5, 0.6) is 5.75 Å². The Kier molecular flexibility index (Phi) is 7.19. The molecule has 3 aromatic rings. The van der Waals surface area contributed by atoms with Crippen LogP contribution in [0.1, 0.15) is 39.1 Å². The predicted octanol–water partition coefficient (Wildman–Crippen LogP) is 2.52. The molecule has 2 N–H and O–H groups in total. The lowest BCUT2D eigenvalue weighted by Crippen LogP contribution is -2.41. The van der Waals surface area contributed by atoms with E-state index >= 15 is 0 Å². The van der Waals surface area contributed by atoms with Crippen molar-refractivity contribution < 1.29 is 22.7 Å². The average molecular weight is 481 g/mol. The molecule has 34 heavy (non-hydrogen) atoms. The number of hydrogen-bond donors (Lipinski definition) is 2. The second-order valence-electron chi connectivity index (χ2n) is 7.72. The van der Waals surface area contributed by atoms with Crippen molar-refractivity contribution in [3.8, 4) is 5.75 Å². The molecule has 2 heterocycles. The number of ether oxygens (including phenoxy) is 1. The normalized spacial score (nSPS) is 13.9. The number of rotatable bonds is 7. The third-order valence-corrected chi connectivity index (χ3v) is 7.25. The van der Waals surface area contributed by atoms with Gasteiger partial charge in [0.2, 0.25) is 10.0 Å². The lowest BCUT2D eigenvalue weighted by Gasteiger charge is -2.15. The van der Waals surface area contributed by atoms with Crippen LogP contribution in [-0.4, -0.2) is 42.6 Å². The summed E-state index contributed by atoms with van der Waals surface area (Å²) < 4.78 is 32.3. The largest absolute Gasteiger partial charge is 0.489 e. The van der Waals surface area contributed by atoms with Crippen molar-refractivity contribution in [3.05, 3.63) is 89.7 Å². The summed E-state index contributed by atoms with van der Waals surface area (Å²) in [4.78, 5) is 29.0. The molecule has 1 fully saturated rings. The molecule has 0 atom stereocenters. The number of carbonyl (C=O) groups is 2. The maximum Gasteiger partial charge on any atom is 0.269 e. The minimum absolute atomic E-state index is 0.137. The smallest absolute Gasteiger partial charge is 0.269 e. The minimum atomic E-state index is -3.55. The number of carbonyl (C=O) groups excluding carboxylic acids is 2. The molecule has 2 amide bonds. The topological polar surface area (TPSA) is 118 Å². The average Bonchev–Trinajstić information content (AvgIpc) is 3.43. The summed E-state index contributed by atoms with van der Waals surface area (Å²) in [5.74, 6) is -0.589. The van der Waals surface area contributed by atoms with Crippen molar-refractivity contribution in [1.29, 1.82) is 0 Å². The first kappa shape index (κ1) is 23.4. The predicted molar refractivity (Wildman–Crippen MR) is 124 cm³/mol. The fourth-order valence-electron chi connectivity index (χ4n) is 3.49.